The van der Waals surface area contributed by atoms with Gasteiger partial charge in [0.25, 0.3) is 0 Å². The third-order valence-electron chi connectivity index (χ3n) is 1.57. The molecule has 0 aromatic carbocycles. The van der Waals surface area contributed by atoms with Gasteiger partial charge in [-0.3, -0.25) is 0 Å². The SMILES string of the molecule is C[C@@H](O)[C@H](N)c1nnc(N)n1N. The summed E-state index contributed by atoms with van der Waals surface area (Å²) in [6, 6.07) is -0.667. The van der Waals surface area contributed by atoms with Crippen LogP contribution in [-0.4, -0.2) is 26.1 Å². The Morgan fingerprint density at radius 3 is 2.42 bits per heavy atom. The Morgan fingerprint density at radius 2 is 2.08 bits per heavy atom. The number of aliphatic hydroxyl groups excluding tert-OH is 1. The number of nitrogens with two attached hydrogens (primary N) is 3. The number of aromatic nitrogens is 3. The molecule has 1 aromatic heterocycles. The molecule has 7 heteroatoms. The van der Waals surface area contributed by atoms with Crippen LogP contribution in [0.3, 0.4) is 0 Å². The summed E-state index contributed by atoms with van der Waals surface area (Å²) in [4.78, 5) is 0. The quantitative estimate of drug-likeness (QED) is 0.380. The second kappa shape index (κ2) is 2.95. The molecule has 0 saturated carbocycles. The van der Waals surface area contributed by atoms with Gasteiger partial charge in [0.05, 0.1) is 12.1 Å². The molecular weight excluding hydrogens is 160 g/mol. The number of hydrogen-bond acceptors (Lipinski definition) is 6. The molecule has 1 heterocycles. The second-order valence-electron chi connectivity index (χ2n) is 2.55. The molecule has 7 N–H and O–H groups in total. The fraction of sp³-hybridized carbons (Fsp3) is 0.600. The summed E-state index contributed by atoms with van der Waals surface area (Å²) in [6.07, 6.45) is -0.740. The molecule has 0 amide bonds. The van der Waals surface area contributed by atoms with E-state index in [1.54, 1.807) is 0 Å². The fourth-order valence-electron chi connectivity index (χ4n) is 0.759. The van der Waals surface area contributed by atoms with Crippen LogP contribution in [0.15, 0.2) is 0 Å². The number of nitrogens with zero attached hydrogens (tertiary/aromatic N) is 3. The molecule has 0 spiro atoms. The summed E-state index contributed by atoms with van der Waals surface area (Å²) in [5.74, 6) is 5.75. The zero-order valence-electron chi connectivity index (χ0n) is 6.68. The van der Waals surface area contributed by atoms with Crippen LogP contribution in [0.5, 0.6) is 0 Å². The third-order valence-corrected chi connectivity index (χ3v) is 1.57. The van der Waals surface area contributed by atoms with Crippen LogP contribution >= 0.6 is 0 Å². The van der Waals surface area contributed by atoms with Crippen LogP contribution < -0.4 is 17.3 Å². The summed E-state index contributed by atoms with van der Waals surface area (Å²) < 4.78 is 1.05. The average molecular weight is 172 g/mol. The zero-order valence-corrected chi connectivity index (χ0v) is 6.68. The summed E-state index contributed by atoms with van der Waals surface area (Å²) in [5.41, 5.74) is 10.8. The first kappa shape index (κ1) is 8.75. The van der Waals surface area contributed by atoms with Crippen LogP contribution in [0.2, 0.25) is 0 Å². The molecular formula is C5H12N6O. The molecule has 0 saturated heterocycles. The first-order valence-corrected chi connectivity index (χ1v) is 3.43. The van der Waals surface area contributed by atoms with Gasteiger partial charge in [-0.15, -0.1) is 10.2 Å². The third kappa shape index (κ3) is 1.31. The highest BCUT2D eigenvalue weighted by Crippen LogP contribution is 2.10. The lowest BCUT2D eigenvalue weighted by molar-refractivity contribution is 0.159. The molecule has 1 rings (SSSR count). The minimum Gasteiger partial charge on any atom is -0.391 e. The van der Waals surface area contributed by atoms with Crippen LogP contribution in [-0.2, 0) is 0 Å². The first-order chi connectivity index (χ1) is 5.54. The smallest absolute Gasteiger partial charge is 0.240 e. The lowest BCUT2D eigenvalue weighted by Gasteiger charge is -2.12. The molecule has 0 unspecified atom stereocenters. The Balaban J connectivity index is 2.95. The predicted molar refractivity (Wildman–Crippen MR) is 43.2 cm³/mol. The molecule has 12 heavy (non-hydrogen) atoms. The lowest BCUT2D eigenvalue weighted by atomic mass is 10.2. The van der Waals surface area contributed by atoms with E-state index in [1.807, 2.05) is 0 Å². The van der Waals surface area contributed by atoms with Crippen LogP contribution in [0.25, 0.3) is 0 Å². The highest BCUT2D eigenvalue weighted by atomic mass is 16.3. The van der Waals surface area contributed by atoms with Gasteiger partial charge in [-0.1, -0.05) is 0 Å². The van der Waals surface area contributed by atoms with Crippen molar-refractivity contribution in [1.82, 2.24) is 14.9 Å². The van der Waals surface area contributed by atoms with Gasteiger partial charge in [-0.05, 0) is 6.92 Å². The number of rotatable bonds is 2. The monoisotopic (exact) mass is 172 g/mol. The van der Waals surface area contributed by atoms with E-state index in [9.17, 15) is 0 Å². The maximum atomic E-state index is 9.11. The van der Waals surface area contributed by atoms with Gasteiger partial charge in [0, 0.05) is 0 Å². The Morgan fingerprint density at radius 1 is 1.50 bits per heavy atom. The Kier molecular flexibility index (Phi) is 2.15. The van der Waals surface area contributed by atoms with Gasteiger partial charge in [0.2, 0.25) is 5.95 Å². The van der Waals surface area contributed by atoms with Crippen molar-refractivity contribution in [2.24, 2.45) is 5.73 Å². The predicted octanol–water partition coefficient (Wildman–Crippen LogP) is -2.05. The largest absolute Gasteiger partial charge is 0.391 e. The van der Waals surface area contributed by atoms with Gasteiger partial charge in [-0.25, -0.2) is 4.68 Å². The molecule has 1 aromatic rings. The fourth-order valence-corrected chi connectivity index (χ4v) is 0.759. The Hall–Kier alpha value is -1.34. The summed E-state index contributed by atoms with van der Waals surface area (Å²) in [7, 11) is 0. The summed E-state index contributed by atoms with van der Waals surface area (Å²) >= 11 is 0. The van der Waals surface area contributed by atoms with Gasteiger partial charge in [0.1, 0.15) is 0 Å². The molecule has 0 radical (unpaired) electrons. The van der Waals surface area contributed by atoms with Gasteiger partial charge in [0.15, 0.2) is 5.82 Å². The van der Waals surface area contributed by atoms with Crippen molar-refractivity contribution in [1.29, 1.82) is 0 Å². The number of nitrogen functional groups attached to an aromatic ring is 2. The number of hydrogen-bond donors (Lipinski definition) is 4. The van der Waals surface area contributed by atoms with E-state index in [4.69, 9.17) is 22.4 Å². The van der Waals surface area contributed by atoms with E-state index in [2.05, 4.69) is 10.2 Å². The van der Waals surface area contributed by atoms with Crippen molar-refractivity contribution in [2.45, 2.75) is 19.1 Å². The number of aliphatic hydroxyl groups is 1. The van der Waals surface area contributed by atoms with E-state index in [0.29, 0.717) is 0 Å². The van der Waals surface area contributed by atoms with Crippen molar-refractivity contribution < 1.29 is 5.11 Å². The zero-order chi connectivity index (χ0) is 9.30. The molecule has 0 aliphatic rings. The van der Waals surface area contributed by atoms with E-state index in [-0.39, 0.29) is 11.8 Å². The Labute approximate surface area is 69.1 Å². The lowest BCUT2D eigenvalue weighted by Crippen LogP contribution is -2.29. The van der Waals surface area contributed by atoms with Gasteiger partial charge >= 0.3 is 0 Å². The van der Waals surface area contributed by atoms with Crippen molar-refractivity contribution in [3.8, 4) is 0 Å². The minimum absolute atomic E-state index is 0.0705. The molecule has 2 atom stereocenters. The Bertz CT molecular complexity index is 269. The molecule has 0 fully saturated rings. The highest BCUT2D eigenvalue weighted by molar-refractivity contribution is 5.18. The van der Waals surface area contributed by atoms with Crippen molar-refractivity contribution in [3.63, 3.8) is 0 Å². The van der Waals surface area contributed by atoms with Gasteiger partial charge < -0.3 is 22.4 Å². The highest BCUT2D eigenvalue weighted by Gasteiger charge is 2.19. The standard InChI is InChI=1S/C5H12N6O/c1-2(12)3(6)4-9-10-5(7)11(4)8/h2-3,12H,6,8H2,1H3,(H2,7,10)/t2-,3+/m1/s1. The first-order valence-electron chi connectivity index (χ1n) is 3.43. The van der Waals surface area contributed by atoms with E-state index >= 15 is 0 Å². The van der Waals surface area contributed by atoms with Crippen LogP contribution in [0.4, 0.5) is 5.95 Å². The van der Waals surface area contributed by atoms with Crippen molar-refractivity contribution in [3.05, 3.63) is 5.82 Å². The summed E-state index contributed by atoms with van der Waals surface area (Å²) in [5, 5.41) is 16.2. The average Bonchev–Trinajstić information content (AvgIpc) is 2.32. The molecule has 0 aliphatic heterocycles. The number of anilines is 1. The molecule has 0 bridgehead atoms. The second-order valence-corrected chi connectivity index (χ2v) is 2.55. The van der Waals surface area contributed by atoms with Crippen LogP contribution in [0, 0.1) is 0 Å². The molecule has 68 valence electrons. The minimum atomic E-state index is -0.740. The van der Waals surface area contributed by atoms with E-state index in [0.717, 1.165) is 4.68 Å². The van der Waals surface area contributed by atoms with Crippen molar-refractivity contribution in [2.75, 3.05) is 11.6 Å². The maximum absolute atomic E-state index is 9.11. The van der Waals surface area contributed by atoms with Crippen LogP contribution in [0.1, 0.15) is 18.8 Å². The maximum Gasteiger partial charge on any atom is 0.240 e. The summed E-state index contributed by atoms with van der Waals surface area (Å²) in [6.45, 7) is 1.54. The normalized spacial score (nSPS) is 15.9. The van der Waals surface area contributed by atoms with E-state index in [1.165, 1.54) is 6.92 Å². The molecule has 7 nitrogen and oxygen atoms in total. The molecule has 0 aliphatic carbocycles. The van der Waals surface area contributed by atoms with E-state index < -0.39 is 12.1 Å². The van der Waals surface area contributed by atoms with Gasteiger partial charge in [-0.2, -0.15) is 0 Å². The van der Waals surface area contributed by atoms with Crippen molar-refractivity contribution >= 4 is 5.95 Å². The topological polar surface area (TPSA) is 129 Å².